The number of hydrogen-bond acceptors (Lipinski definition) is 3. The molecule has 1 heterocycles. The van der Waals surface area contributed by atoms with Gasteiger partial charge in [0.25, 0.3) is 0 Å². The minimum absolute atomic E-state index is 0.176. The van der Waals surface area contributed by atoms with Gasteiger partial charge in [-0.2, -0.15) is 0 Å². The number of hydrogen-bond donors (Lipinski definition) is 2. The molecule has 0 saturated carbocycles. The van der Waals surface area contributed by atoms with Crippen molar-refractivity contribution in [2.24, 2.45) is 5.92 Å². The largest absolute Gasteiger partial charge is 0.316 e. The third-order valence-corrected chi connectivity index (χ3v) is 4.95. The minimum atomic E-state index is -4.04. The van der Waals surface area contributed by atoms with Crippen LogP contribution in [0.2, 0.25) is 0 Å². The van der Waals surface area contributed by atoms with Crippen LogP contribution in [-0.2, 0) is 10.0 Å². The summed E-state index contributed by atoms with van der Waals surface area (Å²) in [6.45, 7) is 1.98. The fourth-order valence-electron chi connectivity index (χ4n) is 2.34. The molecule has 1 saturated heterocycles. The molecule has 1 unspecified atom stereocenters. The highest BCUT2D eigenvalue weighted by Gasteiger charge is 2.20. The molecule has 0 spiro atoms. The molecule has 4 nitrogen and oxygen atoms in total. The SMILES string of the molecule is O=S(=O)(NCCC1CCCNC1)c1cc(F)c(F)c(F)c1. The second kappa shape index (κ2) is 6.76. The zero-order chi connectivity index (χ0) is 15.5. The number of halogens is 3. The van der Waals surface area contributed by atoms with Crippen LogP contribution in [-0.4, -0.2) is 28.1 Å². The lowest BCUT2D eigenvalue weighted by atomic mass is 9.96. The Morgan fingerprint density at radius 2 is 1.90 bits per heavy atom. The zero-order valence-electron chi connectivity index (χ0n) is 11.3. The van der Waals surface area contributed by atoms with Crippen LogP contribution in [0.25, 0.3) is 0 Å². The van der Waals surface area contributed by atoms with Gasteiger partial charge < -0.3 is 5.32 Å². The quantitative estimate of drug-likeness (QED) is 0.813. The van der Waals surface area contributed by atoms with E-state index < -0.39 is 32.4 Å². The summed E-state index contributed by atoms with van der Waals surface area (Å²) in [7, 11) is -4.04. The van der Waals surface area contributed by atoms with E-state index in [9.17, 15) is 21.6 Å². The summed E-state index contributed by atoms with van der Waals surface area (Å²) in [4.78, 5) is -0.610. The maximum Gasteiger partial charge on any atom is 0.240 e. The Morgan fingerprint density at radius 3 is 2.48 bits per heavy atom. The van der Waals surface area contributed by atoms with Crippen LogP contribution in [0.15, 0.2) is 17.0 Å². The fraction of sp³-hybridized carbons (Fsp3) is 0.538. The standard InChI is InChI=1S/C13H17F3N2O2S/c14-11-6-10(7-12(15)13(11)16)21(19,20)18-5-3-9-2-1-4-17-8-9/h6-7,9,17-18H,1-5,8H2. The molecule has 1 atom stereocenters. The molecule has 2 rings (SSSR count). The van der Waals surface area contributed by atoms with Crippen LogP contribution >= 0.6 is 0 Å². The summed E-state index contributed by atoms with van der Waals surface area (Å²) in [5.41, 5.74) is 0. The molecule has 1 aliphatic heterocycles. The van der Waals surface area contributed by atoms with Crippen molar-refractivity contribution in [1.82, 2.24) is 10.0 Å². The van der Waals surface area contributed by atoms with E-state index in [1.54, 1.807) is 0 Å². The molecule has 1 aromatic carbocycles. The second-order valence-corrected chi connectivity index (χ2v) is 6.87. The lowest BCUT2D eigenvalue weighted by Gasteiger charge is -2.22. The molecule has 1 aliphatic rings. The van der Waals surface area contributed by atoms with Crippen molar-refractivity contribution in [3.05, 3.63) is 29.6 Å². The number of nitrogens with one attached hydrogen (secondary N) is 2. The van der Waals surface area contributed by atoms with Crippen LogP contribution in [0.3, 0.4) is 0 Å². The number of rotatable bonds is 5. The molecular formula is C13H17F3N2O2S. The Labute approximate surface area is 121 Å². The summed E-state index contributed by atoms with van der Waals surface area (Å²) in [5.74, 6) is -4.34. The minimum Gasteiger partial charge on any atom is -0.316 e. The third kappa shape index (κ3) is 4.18. The maximum atomic E-state index is 13.1. The Morgan fingerprint density at radius 1 is 1.24 bits per heavy atom. The van der Waals surface area contributed by atoms with Crippen LogP contribution < -0.4 is 10.0 Å². The average molecular weight is 322 g/mol. The van der Waals surface area contributed by atoms with Gasteiger partial charge in [0.2, 0.25) is 10.0 Å². The first-order valence-corrected chi connectivity index (χ1v) is 8.23. The molecule has 0 radical (unpaired) electrons. The number of sulfonamides is 1. The molecule has 0 bridgehead atoms. The van der Waals surface area contributed by atoms with Gasteiger partial charge in [0.1, 0.15) is 0 Å². The van der Waals surface area contributed by atoms with E-state index in [2.05, 4.69) is 10.0 Å². The fourth-order valence-corrected chi connectivity index (χ4v) is 3.41. The molecule has 8 heteroatoms. The molecule has 0 aliphatic carbocycles. The van der Waals surface area contributed by atoms with Crippen LogP contribution in [0.4, 0.5) is 13.2 Å². The number of benzene rings is 1. The monoisotopic (exact) mass is 322 g/mol. The third-order valence-electron chi connectivity index (χ3n) is 3.51. The van der Waals surface area contributed by atoms with Gasteiger partial charge in [-0.25, -0.2) is 26.3 Å². The van der Waals surface area contributed by atoms with Gasteiger partial charge in [-0.15, -0.1) is 0 Å². The average Bonchev–Trinajstić information content (AvgIpc) is 2.45. The Kier molecular flexibility index (Phi) is 5.23. The van der Waals surface area contributed by atoms with Crippen molar-refractivity contribution in [3.8, 4) is 0 Å². The van der Waals surface area contributed by atoms with Crippen molar-refractivity contribution < 1.29 is 21.6 Å². The van der Waals surface area contributed by atoms with Gasteiger partial charge in [0.05, 0.1) is 4.90 Å². The lowest BCUT2D eigenvalue weighted by molar-refractivity contribution is 0.358. The Bertz CT molecular complexity index is 578. The van der Waals surface area contributed by atoms with Gasteiger partial charge in [-0.1, -0.05) is 0 Å². The number of piperidine rings is 1. The molecular weight excluding hydrogens is 305 g/mol. The molecule has 2 N–H and O–H groups in total. The Hall–Kier alpha value is -1.12. The highest BCUT2D eigenvalue weighted by atomic mass is 32.2. The first-order chi connectivity index (χ1) is 9.90. The lowest BCUT2D eigenvalue weighted by Crippen LogP contribution is -2.33. The van der Waals surface area contributed by atoms with E-state index in [0.29, 0.717) is 24.5 Å². The summed E-state index contributed by atoms with van der Waals surface area (Å²) < 4.78 is 65.1. The highest BCUT2D eigenvalue weighted by Crippen LogP contribution is 2.18. The van der Waals surface area contributed by atoms with Gasteiger partial charge in [-0.05, 0) is 50.4 Å². The first-order valence-electron chi connectivity index (χ1n) is 6.75. The van der Waals surface area contributed by atoms with E-state index in [1.165, 1.54) is 0 Å². The zero-order valence-corrected chi connectivity index (χ0v) is 12.1. The molecule has 118 valence electrons. The summed E-state index contributed by atoms with van der Waals surface area (Å²) in [6.07, 6.45) is 2.71. The highest BCUT2D eigenvalue weighted by molar-refractivity contribution is 7.89. The Balaban J connectivity index is 1.98. The summed E-state index contributed by atoms with van der Waals surface area (Å²) in [5, 5.41) is 3.22. The van der Waals surface area contributed by atoms with E-state index in [-0.39, 0.29) is 6.54 Å². The van der Waals surface area contributed by atoms with Crippen LogP contribution in [0.5, 0.6) is 0 Å². The summed E-state index contributed by atoms with van der Waals surface area (Å²) in [6, 6.07) is 0.950. The predicted octanol–water partition coefficient (Wildman–Crippen LogP) is 1.77. The van der Waals surface area contributed by atoms with Crippen molar-refractivity contribution in [2.45, 2.75) is 24.2 Å². The smallest absolute Gasteiger partial charge is 0.240 e. The molecule has 0 amide bonds. The molecule has 0 aromatic heterocycles. The van der Waals surface area contributed by atoms with E-state index in [4.69, 9.17) is 0 Å². The predicted molar refractivity (Wildman–Crippen MR) is 71.7 cm³/mol. The normalized spacial score (nSPS) is 19.7. The maximum absolute atomic E-state index is 13.1. The van der Waals surface area contributed by atoms with Gasteiger partial charge in [0.15, 0.2) is 17.5 Å². The van der Waals surface area contributed by atoms with Crippen LogP contribution in [0, 0.1) is 23.4 Å². The topological polar surface area (TPSA) is 58.2 Å². The van der Waals surface area contributed by atoms with Crippen LogP contribution in [0.1, 0.15) is 19.3 Å². The molecule has 1 aromatic rings. The second-order valence-electron chi connectivity index (χ2n) is 5.10. The van der Waals surface area contributed by atoms with Crippen molar-refractivity contribution >= 4 is 10.0 Å². The van der Waals surface area contributed by atoms with E-state index >= 15 is 0 Å². The van der Waals surface area contributed by atoms with Gasteiger partial charge in [0, 0.05) is 6.54 Å². The van der Waals surface area contributed by atoms with Crippen molar-refractivity contribution in [3.63, 3.8) is 0 Å². The molecule has 21 heavy (non-hydrogen) atoms. The van der Waals surface area contributed by atoms with Gasteiger partial charge >= 0.3 is 0 Å². The molecule has 1 fully saturated rings. The van der Waals surface area contributed by atoms with Crippen molar-refractivity contribution in [1.29, 1.82) is 0 Å². The van der Waals surface area contributed by atoms with Crippen molar-refractivity contribution in [2.75, 3.05) is 19.6 Å². The first kappa shape index (κ1) is 16.3. The summed E-state index contributed by atoms with van der Waals surface area (Å²) >= 11 is 0. The van der Waals surface area contributed by atoms with Gasteiger partial charge in [-0.3, -0.25) is 0 Å². The van der Waals surface area contributed by atoms with E-state index in [1.807, 2.05) is 0 Å². The van der Waals surface area contributed by atoms with E-state index in [0.717, 1.165) is 25.9 Å².